The maximum atomic E-state index is 13.8. The molecule has 0 saturated heterocycles. The van der Waals surface area contributed by atoms with Crippen molar-refractivity contribution in [1.82, 2.24) is 9.78 Å². The van der Waals surface area contributed by atoms with Gasteiger partial charge in [0, 0.05) is 6.20 Å². The van der Waals surface area contributed by atoms with Crippen molar-refractivity contribution < 1.29 is 9.18 Å². The van der Waals surface area contributed by atoms with Gasteiger partial charge in [0.1, 0.15) is 0 Å². The smallest absolute Gasteiger partial charge is 0.276 e. The fourth-order valence-electron chi connectivity index (χ4n) is 2.13. The van der Waals surface area contributed by atoms with E-state index in [2.05, 4.69) is 10.4 Å². The Hall–Kier alpha value is -2.66. The van der Waals surface area contributed by atoms with Gasteiger partial charge in [-0.15, -0.1) is 0 Å². The van der Waals surface area contributed by atoms with Gasteiger partial charge < -0.3 is 5.32 Å². The van der Waals surface area contributed by atoms with E-state index >= 15 is 0 Å². The highest BCUT2D eigenvalue weighted by Crippen LogP contribution is 2.22. The first-order chi connectivity index (χ1) is 11.1. The van der Waals surface area contributed by atoms with Gasteiger partial charge in [0.05, 0.1) is 17.3 Å². The Labute approximate surface area is 137 Å². The first-order valence-electron chi connectivity index (χ1n) is 6.96. The highest BCUT2D eigenvalue weighted by Gasteiger charge is 2.13. The minimum absolute atomic E-state index is 0.0279. The van der Waals surface area contributed by atoms with E-state index in [1.807, 2.05) is 30.3 Å². The van der Waals surface area contributed by atoms with Crippen LogP contribution >= 0.6 is 11.6 Å². The molecular weight excluding hydrogens is 317 g/mol. The van der Waals surface area contributed by atoms with E-state index in [-0.39, 0.29) is 16.4 Å². The number of anilines is 1. The number of aromatic nitrogens is 2. The van der Waals surface area contributed by atoms with Crippen LogP contribution in [0.3, 0.4) is 0 Å². The summed E-state index contributed by atoms with van der Waals surface area (Å²) in [4.78, 5) is 12.1. The van der Waals surface area contributed by atoms with Crippen LogP contribution in [0.25, 0.3) is 0 Å². The molecule has 0 fully saturated rings. The molecule has 6 heteroatoms. The predicted molar refractivity (Wildman–Crippen MR) is 87.1 cm³/mol. The van der Waals surface area contributed by atoms with Crippen molar-refractivity contribution >= 4 is 23.2 Å². The van der Waals surface area contributed by atoms with Crippen LogP contribution in [0.2, 0.25) is 5.02 Å². The average molecular weight is 330 g/mol. The first-order valence-corrected chi connectivity index (χ1v) is 7.34. The molecular formula is C17H13ClFN3O. The molecule has 0 bridgehead atoms. The Balaban J connectivity index is 1.72. The second-order valence-electron chi connectivity index (χ2n) is 4.94. The van der Waals surface area contributed by atoms with Crippen LogP contribution in [-0.2, 0) is 6.54 Å². The molecule has 23 heavy (non-hydrogen) atoms. The molecule has 1 amide bonds. The molecule has 4 nitrogen and oxygen atoms in total. The Morgan fingerprint density at radius 3 is 2.70 bits per heavy atom. The molecule has 3 rings (SSSR count). The number of benzene rings is 2. The van der Waals surface area contributed by atoms with E-state index < -0.39 is 11.7 Å². The highest BCUT2D eigenvalue weighted by molar-refractivity contribution is 6.31. The van der Waals surface area contributed by atoms with Crippen LogP contribution in [0.15, 0.2) is 60.8 Å². The second kappa shape index (κ2) is 6.62. The van der Waals surface area contributed by atoms with Crippen molar-refractivity contribution in [3.05, 3.63) is 82.9 Å². The van der Waals surface area contributed by atoms with E-state index in [0.29, 0.717) is 6.54 Å². The topological polar surface area (TPSA) is 46.9 Å². The van der Waals surface area contributed by atoms with Crippen molar-refractivity contribution in [2.24, 2.45) is 0 Å². The maximum absolute atomic E-state index is 13.8. The van der Waals surface area contributed by atoms with Gasteiger partial charge in [-0.3, -0.25) is 9.48 Å². The van der Waals surface area contributed by atoms with Gasteiger partial charge in [-0.05, 0) is 23.8 Å². The van der Waals surface area contributed by atoms with Crippen LogP contribution in [0.5, 0.6) is 0 Å². The predicted octanol–water partition coefficient (Wildman–Crippen LogP) is 3.98. The summed E-state index contributed by atoms with van der Waals surface area (Å²) in [5.74, 6) is -1.15. The van der Waals surface area contributed by atoms with Gasteiger partial charge in [0.15, 0.2) is 11.5 Å². The van der Waals surface area contributed by atoms with Gasteiger partial charge in [-0.25, -0.2) is 4.39 Å². The number of halogens is 2. The molecule has 2 aromatic carbocycles. The summed E-state index contributed by atoms with van der Waals surface area (Å²) in [5, 5.41) is 6.63. The van der Waals surface area contributed by atoms with Crippen LogP contribution in [0.4, 0.5) is 10.1 Å². The van der Waals surface area contributed by atoms with Gasteiger partial charge >= 0.3 is 0 Å². The minimum Gasteiger partial charge on any atom is -0.318 e. The first kappa shape index (κ1) is 15.2. The molecule has 0 atom stereocenters. The quantitative estimate of drug-likeness (QED) is 0.787. The molecule has 1 N–H and O–H groups in total. The summed E-state index contributed by atoms with van der Waals surface area (Å²) in [6, 6.07) is 15.8. The third-order valence-electron chi connectivity index (χ3n) is 3.26. The number of hydrogen-bond acceptors (Lipinski definition) is 2. The van der Waals surface area contributed by atoms with Crippen LogP contribution in [0, 0.1) is 5.82 Å². The van der Waals surface area contributed by atoms with E-state index in [4.69, 9.17) is 11.6 Å². The van der Waals surface area contributed by atoms with Gasteiger partial charge in [0.25, 0.3) is 5.91 Å². The Bertz CT molecular complexity index is 833. The number of carbonyl (C=O) groups excluding carboxylic acids is 1. The van der Waals surface area contributed by atoms with Crippen molar-refractivity contribution in [2.45, 2.75) is 6.54 Å². The third kappa shape index (κ3) is 3.57. The number of carbonyl (C=O) groups is 1. The third-order valence-corrected chi connectivity index (χ3v) is 3.55. The number of hydrogen-bond donors (Lipinski definition) is 1. The summed E-state index contributed by atoms with van der Waals surface area (Å²) in [7, 11) is 0. The number of rotatable bonds is 4. The molecule has 116 valence electrons. The zero-order chi connectivity index (χ0) is 16.2. The lowest BCUT2D eigenvalue weighted by Crippen LogP contribution is -2.14. The largest absolute Gasteiger partial charge is 0.318 e. The average Bonchev–Trinajstić information content (AvgIpc) is 3.01. The minimum atomic E-state index is -0.661. The monoisotopic (exact) mass is 329 g/mol. The van der Waals surface area contributed by atoms with Crippen LogP contribution in [-0.4, -0.2) is 15.7 Å². The zero-order valence-electron chi connectivity index (χ0n) is 12.0. The van der Waals surface area contributed by atoms with E-state index in [1.54, 1.807) is 23.0 Å². The standard InChI is InChI=1S/C17H13ClFN3O/c18-13-7-4-8-14(16(13)19)20-17(23)15-9-10-22(21-15)11-12-5-2-1-3-6-12/h1-10H,11H2,(H,20,23). The lowest BCUT2D eigenvalue weighted by atomic mass is 10.2. The van der Waals surface area contributed by atoms with Crippen molar-refractivity contribution in [3.63, 3.8) is 0 Å². The fourth-order valence-corrected chi connectivity index (χ4v) is 2.30. The Kier molecular flexibility index (Phi) is 4.39. The number of nitrogens with one attached hydrogen (secondary N) is 1. The van der Waals surface area contributed by atoms with Gasteiger partial charge in [0.2, 0.25) is 0 Å². The summed E-state index contributed by atoms with van der Waals surface area (Å²) in [6.07, 6.45) is 1.70. The van der Waals surface area contributed by atoms with Crippen molar-refractivity contribution in [3.8, 4) is 0 Å². The summed E-state index contributed by atoms with van der Waals surface area (Å²) < 4.78 is 15.4. The van der Waals surface area contributed by atoms with Gasteiger partial charge in [-0.2, -0.15) is 5.10 Å². The fraction of sp³-hybridized carbons (Fsp3) is 0.0588. The summed E-state index contributed by atoms with van der Waals surface area (Å²) >= 11 is 5.69. The van der Waals surface area contributed by atoms with E-state index in [1.165, 1.54) is 12.1 Å². The molecule has 0 unspecified atom stereocenters. The number of nitrogens with zero attached hydrogens (tertiary/aromatic N) is 2. The van der Waals surface area contributed by atoms with Gasteiger partial charge in [-0.1, -0.05) is 48.0 Å². The summed E-state index contributed by atoms with van der Waals surface area (Å²) in [5.41, 5.74) is 1.31. The SMILES string of the molecule is O=C(Nc1cccc(Cl)c1F)c1ccn(Cc2ccccc2)n1. The summed E-state index contributed by atoms with van der Waals surface area (Å²) in [6.45, 7) is 0.555. The van der Waals surface area contributed by atoms with Crippen molar-refractivity contribution in [2.75, 3.05) is 5.32 Å². The lowest BCUT2D eigenvalue weighted by molar-refractivity contribution is 0.102. The van der Waals surface area contributed by atoms with Crippen molar-refractivity contribution in [1.29, 1.82) is 0 Å². The number of amides is 1. The lowest BCUT2D eigenvalue weighted by Gasteiger charge is -2.05. The molecule has 3 aromatic rings. The maximum Gasteiger partial charge on any atom is 0.276 e. The van der Waals surface area contributed by atoms with Crippen LogP contribution in [0.1, 0.15) is 16.1 Å². The Morgan fingerprint density at radius 2 is 1.91 bits per heavy atom. The molecule has 0 aliphatic carbocycles. The molecule has 0 aliphatic heterocycles. The molecule has 0 spiro atoms. The molecule has 0 saturated carbocycles. The zero-order valence-corrected chi connectivity index (χ0v) is 12.8. The normalized spacial score (nSPS) is 10.5. The van der Waals surface area contributed by atoms with E-state index in [9.17, 15) is 9.18 Å². The van der Waals surface area contributed by atoms with E-state index in [0.717, 1.165) is 5.56 Å². The molecule has 1 heterocycles. The molecule has 0 aliphatic rings. The molecule has 0 radical (unpaired) electrons. The molecule has 1 aromatic heterocycles. The van der Waals surface area contributed by atoms with Crippen LogP contribution < -0.4 is 5.32 Å². The highest BCUT2D eigenvalue weighted by atomic mass is 35.5. The Morgan fingerprint density at radius 1 is 1.13 bits per heavy atom. The second-order valence-corrected chi connectivity index (χ2v) is 5.35.